The standard InChI is InChI=1S/C15H17N3O4/c1-9(2)14-13(18(20)21)12(17-22-14)15(19)16-10(3)11-7-5-4-6-8-11/h4-10H,1-3H3,(H,16,19). The van der Waals surface area contributed by atoms with Crippen molar-refractivity contribution in [3.05, 3.63) is 57.5 Å². The largest absolute Gasteiger partial charge is 0.353 e. The van der Waals surface area contributed by atoms with Crippen molar-refractivity contribution >= 4 is 11.6 Å². The number of nitrogens with zero attached hydrogens (tertiary/aromatic N) is 2. The molecule has 7 nitrogen and oxygen atoms in total. The van der Waals surface area contributed by atoms with Gasteiger partial charge in [0.15, 0.2) is 0 Å². The van der Waals surface area contributed by atoms with Crippen LogP contribution in [-0.4, -0.2) is 16.0 Å². The third-order valence-corrected chi connectivity index (χ3v) is 3.26. The van der Waals surface area contributed by atoms with Gasteiger partial charge in [0.1, 0.15) is 0 Å². The number of benzene rings is 1. The molecule has 0 saturated heterocycles. The van der Waals surface area contributed by atoms with E-state index in [-0.39, 0.29) is 29.1 Å². The molecule has 1 heterocycles. The summed E-state index contributed by atoms with van der Waals surface area (Å²) in [6.07, 6.45) is 0. The monoisotopic (exact) mass is 303 g/mol. The van der Waals surface area contributed by atoms with Crippen LogP contribution >= 0.6 is 0 Å². The SMILES string of the molecule is CC(C)c1onc(C(=O)NC(C)c2ccccc2)c1[N+](=O)[O-]. The zero-order valence-electron chi connectivity index (χ0n) is 12.6. The lowest BCUT2D eigenvalue weighted by atomic mass is 10.1. The van der Waals surface area contributed by atoms with Crippen LogP contribution in [0.15, 0.2) is 34.9 Å². The number of nitro groups is 1. The topological polar surface area (TPSA) is 98.3 Å². The smallest absolute Gasteiger partial charge is 0.344 e. The lowest BCUT2D eigenvalue weighted by Gasteiger charge is -2.12. The maximum atomic E-state index is 12.3. The van der Waals surface area contributed by atoms with Gasteiger partial charge in [0.25, 0.3) is 5.91 Å². The summed E-state index contributed by atoms with van der Waals surface area (Å²) in [6.45, 7) is 5.27. The molecular weight excluding hydrogens is 286 g/mol. The predicted octanol–water partition coefficient (Wildman–Crippen LogP) is 3.20. The first-order chi connectivity index (χ1) is 10.4. The molecular formula is C15H17N3O4. The van der Waals surface area contributed by atoms with E-state index in [1.54, 1.807) is 20.8 Å². The van der Waals surface area contributed by atoms with Crippen LogP contribution in [0.5, 0.6) is 0 Å². The zero-order valence-corrected chi connectivity index (χ0v) is 12.6. The summed E-state index contributed by atoms with van der Waals surface area (Å²) in [5.74, 6) is -0.762. The summed E-state index contributed by atoms with van der Waals surface area (Å²) >= 11 is 0. The van der Waals surface area contributed by atoms with E-state index in [0.717, 1.165) is 5.56 Å². The zero-order chi connectivity index (χ0) is 16.3. The molecule has 0 spiro atoms. The van der Waals surface area contributed by atoms with Crippen molar-refractivity contribution < 1.29 is 14.2 Å². The number of rotatable bonds is 5. The van der Waals surface area contributed by atoms with Gasteiger partial charge in [0, 0.05) is 5.92 Å². The van der Waals surface area contributed by atoms with E-state index in [9.17, 15) is 14.9 Å². The van der Waals surface area contributed by atoms with Gasteiger partial charge in [-0.3, -0.25) is 14.9 Å². The Kier molecular flexibility index (Phi) is 4.55. The maximum Gasteiger partial charge on any atom is 0.344 e. The van der Waals surface area contributed by atoms with Gasteiger partial charge in [-0.05, 0) is 12.5 Å². The summed E-state index contributed by atoms with van der Waals surface area (Å²) in [5, 5.41) is 17.5. The van der Waals surface area contributed by atoms with Crippen LogP contribution in [0.1, 0.15) is 54.5 Å². The van der Waals surface area contributed by atoms with Crippen molar-refractivity contribution in [2.24, 2.45) is 0 Å². The van der Waals surface area contributed by atoms with E-state index in [2.05, 4.69) is 10.5 Å². The molecule has 1 aromatic carbocycles. The minimum Gasteiger partial charge on any atom is -0.353 e. The van der Waals surface area contributed by atoms with Gasteiger partial charge in [0.2, 0.25) is 11.5 Å². The number of hydrogen-bond donors (Lipinski definition) is 1. The quantitative estimate of drug-likeness (QED) is 0.675. The fourth-order valence-corrected chi connectivity index (χ4v) is 2.09. The molecule has 22 heavy (non-hydrogen) atoms. The average Bonchev–Trinajstić information content (AvgIpc) is 2.93. The van der Waals surface area contributed by atoms with Crippen LogP contribution in [0, 0.1) is 10.1 Å². The van der Waals surface area contributed by atoms with E-state index in [0.29, 0.717) is 0 Å². The summed E-state index contributed by atoms with van der Waals surface area (Å²) in [5.41, 5.74) is 0.232. The molecule has 1 N–H and O–H groups in total. The normalized spacial score (nSPS) is 12.2. The average molecular weight is 303 g/mol. The van der Waals surface area contributed by atoms with Gasteiger partial charge < -0.3 is 9.84 Å². The van der Waals surface area contributed by atoms with Crippen molar-refractivity contribution in [2.45, 2.75) is 32.7 Å². The molecule has 1 unspecified atom stereocenters. The highest BCUT2D eigenvalue weighted by atomic mass is 16.6. The molecule has 0 saturated carbocycles. The van der Waals surface area contributed by atoms with Crippen LogP contribution in [0.4, 0.5) is 5.69 Å². The minimum absolute atomic E-state index is 0.0996. The van der Waals surface area contributed by atoms with E-state index >= 15 is 0 Å². The third-order valence-electron chi connectivity index (χ3n) is 3.26. The highest BCUT2D eigenvalue weighted by Gasteiger charge is 2.33. The first-order valence-corrected chi connectivity index (χ1v) is 6.91. The maximum absolute atomic E-state index is 12.3. The second-order valence-corrected chi connectivity index (χ2v) is 5.26. The molecule has 1 atom stereocenters. The highest BCUT2D eigenvalue weighted by molar-refractivity contribution is 5.96. The van der Waals surface area contributed by atoms with Crippen molar-refractivity contribution in [1.29, 1.82) is 0 Å². The number of nitrogens with one attached hydrogen (secondary N) is 1. The third kappa shape index (κ3) is 3.13. The second kappa shape index (κ2) is 6.38. The molecule has 0 aliphatic heterocycles. The molecule has 0 aliphatic carbocycles. The number of amides is 1. The molecule has 0 bridgehead atoms. The van der Waals surface area contributed by atoms with Crippen molar-refractivity contribution in [3.63, 3.8) is 0 Å². The lowest BCUT2D eigenvalue weighted by molar-refractivity contribution is -0.386. The van der Waals surface area contributed by atoms with Crippen LogP contribution in [0.25, 0.3) is 0 Å². The van der Waals surface area contributed by atoms with E-state index in [1.807, 2.05) is 30.3 Å². The van der Waals surface area contributed by atoms with Crippen molar-refractivity contribution in [3.8, 4) is 0 Å². The summed E-state index contributed by atoms with van der Waals surface area (Å²) in [6, 6.07) is 9.01. The van der Waals surface area contributed by atoms with Crippen LogP contribution in [0.2, 0.25) is 0 Å². The summed E-state index contributed by atoms with van der Waals surface area (Å²) < 4.78 is 4.97. The Balaban J connectivity index is 2.25. The molecule has 116 valence electrons. The number of carbonyl (C=O) groups excluding carboxylic acids is 1. The number of carbonyl (C=O) groups is 1. The fraction of sp³-hybridized carbons (Fsp3) is 0.333. The summed E-state index contributed by atoms with van der Waals surface area (Å²) in [7, 11) is 0. The Morgan fingerprint density at radius 3 is 2.45 bits per heavy atom. The second-order valence-electron chi connectivity index (χ2n) is 5.26. The van der Waals surface area contributed by atoms with Gasteiger partial charge >= 0.3 is 5.69 Å². The van der Waals surface area contributed by atoms with Crippen molar-refractivity contribution in [2.75, 3.05) is 0 Å². The van der Waals surface area contributed by atoms with Crippen LogP contribution < -0.4 is 5.32 Å². The molecule has 1 aromatic heterocycles. The highest BCUT2D eigenvalue weighted by Crippen LogP contribution is 2.30. The van der Waals surface area contributed by atoms with Gasteiger partial charge in [-0.15, -0.1) is 0 Å². The van der Waals surface area contributed by atoms with E-state index < -0.39 is 10.8 Å². The van der Waals surface area contributed by atoms with Gasteiger partial charge in [-0.1, -0.05) is 49.3 Å². The van der Waals surface area contributed by atoms with E-state index in [1.165, 1.54) is 0 Å². The molecule has 0 radical (unpaired) electrons. The Bertz CT molecular complexity index is 679. The first-order valence-electron chi connectivity index (χ1n) is 6.91. The van der Waals surface area contributed by atoms with Crippen molar-refractivity contribution in [1.82, 2.24) is 10.5 Å². The van der Waals surface area contributed by atoms with Gasteiger partial charge in [-0.2, -0.15) is 0 Å². The Morgan fingerprint density at radius 2 is 1.91 bits per heavy atom. The fourth-order valence-electron chi connectivity index (χ4n) is 2.09. The minimum atomic E-state index is -0.631. The molecule has 7 heteroatoms. The lowest BCUT2D eigenvalue weighted by Crippen LogP contribution is -2.27. The predicted molar refractivity (Wildman–Crippen MR) is 79.6 cm³/mol. The molecule has 0 aliphatic rings. The molecule has 2 rings (SSSR count). The molecule has 1 amide bonds. The van der Waals surface area contributed by atoms with Crippen LogP contribution in [-0.2, 0) is 0 Å². The Morgan fingerprint density at radius 1 is 1.27 bits per heavy atom. The van der Waals surface area contributed by atoms with Gasteiger partial charge in [-0.25, -0.2) is 0 Å². The molecule has 0 fully saturated rings. The number of hydrogen-bond acceptors (Lipinski definition) is 5. The number of aromatic nitrogens is 1. The first kappa shape index (κ1) is 15.7. The van der Waals surface area contributed by atoms with E-state index in [4.69, 9.17) is 4.52 Å². The Hall–Kier alpha value is -2.70. The van der Waals surface area contributed by atoms with Crippen LogP contribution in [0.3, 0.4) is 0 Å². The summed E-state index contributed by atoms with van der Waals surface area (Å²) in [4.78, 5) is 22.8. The molecule has 2 aromatic rings. The Labute approximate surface area is 127 Å². The van der Waals surface area contributed by atoms with Gasteiger partial charge in [0.05, 0.1) is 11.0 Å².